The van der Waals surface area contributed by atoms with Crippen molar-refractivity contribution in [2.45, 2.75) is 12.7 Å². The van der Waals surface area contributed by atoms with Gasteiger partial charge in [0, 0.05) is 21.8 Å². The Kier molecular flexibility index (Phi) is 2.86. The van der Waals surface area contributed by atoms with Crippen LogP contribution in [0.1, 0.15) is 11.3 Å². The van der Waals surface area contributed by atoms with Crippen molar-refractivity contribution in [1.82, 2.24) is 4.98 Å². The summed E-state index contributed by atoms with van der Waals surface area (Å²) < 4.78 is 21.9. The van der Waals surface area contributed by atoms with Crippen molar-refractivity contribution >= 4 is 30.6 Å². The van der Waals surface area contributed by atoms with Crippen LogP contribution in [0.3, 0.4) is 0 Å². The molecular weight excluding hydrogens is 246 g/mol. The van der Waals surface area contributed by atoms with Crippen molar-refractivity contribution in [3.8, 4) is 0 Å². The molecule has 2 rings (SSSR count). The zero-order chi connectivity index (χ0) is 11.8. The average Bonchev–Trinajstić information content (AvgIpc) is 2.16. The first kappa shape index (κ1) is 11.4. The number of halogens is 1. The zero-order valence-electron chi connectivity index (χ0n) is 8.64. The van der Waals surface area contributed by atoms with Crippen LogP contribution in [0.15, 0.2) is 30.3 Å². The molecule has 0 aliphatic carbocycles. The molecule has 0 radical (unpaired) electrons. The maximum absolute atomic E-state index is 10.9. The molecule has 0 aliphatic rings. The van der Waals surface area contributed by atoms with E-state index in [4.69, 9.17) is 10.7 Å². The van der Waals surface area contributed by atoms with Crippen LogP contribution in [-0.2, 0) is 14.8 Å². The third-order valence-electron chi connectivity index (χ3n) is 2.23. The van der Waals surface area contributed by atoms with Gasteiger partial charge in [0.1, 0.15) is 0 Å². The van der Waals surface area contributed by atoms with Crippen molar-refractivity contribution in [2.24, 2.45) is 0 Å². The lowest BCUT2D eigenvalue weighted by molar-refractivity contribution is 0.609. The molecule has 0 N–H and O–H groups in total. The monoisotopic (exact) mass is 255 g/mol. The van der Waals surface area contributed by atoms with Gasteiger partial charge in [0.2, 0.25) is 9.05 Å². The molecule has 0 saturated carbocycles. The predicted octanol–water partition coefficient (Wildman–Crippen LogP) is 2.61. The summed E-state index contributed by atoms with van der Waals surface area (Å²) >= 11 is 0. The van der Waals surface area contributed by atoms with Gasteiger partial charge >= 0.3 is 0 Å². The molecule has 1 aromatic carbocycles. The van der Waals surface area contributed by atoms with Gasteiger partial charge in [-0.05, 0) is 30.7 Å². The SMILES string of the molecule is Cc1ccc2cc(CS(=O)(=O)Cl)ccc2n1. The number of aryl methyl sites for hydroxylation is 1. The maximum Gasteiger partial charge on any atom is 0.236 e. The summed E-state index contributed by atoms with van der Waals surface area (Å²) in [6, 6.07) is 9.14. The lowest BCUT2D eigenvalue weighted by atomic mass is 10.1. The van der Waals surface area contributed by atoms with Gasteiger partial charge < -0.3 is 0 Å². The number of benzene rings is 1. The van der Waals surface area contributed by atoms with Crippen LogP contribution < -0.4 is 0 Å². The van der Waals surface area contributed by atoms with Gasteiger partial charge in [-0.15, -0.1) is 0 Å². The van der Waals surface area contributed by atoms with E-state index in [2.05, 4.69) is 4.98 Å². The van der Waals surface area contributed by atoms with E-state index in [0.717, 1.165) is 16.6 Å². The van der Waals surface area contributed by atoms with E-state index < -0.39 is 9.05 Å². The summed E-state index contributed by atoms with van der Waals surface area (Å²) in [6.07, 6.45) is 0. The fourth-order valence-electron chi connectivity index (χ4n) is 1.57. The summed E-state index contributed by atoms with van der Waals surface area (Å²) in [4.78, 5) is 4.33. The second kappa shape index (κ2) is 4.03. The number of aromatic nitrogens is 1. The Bertz CT molecular complexity index is 637. The minimum atomic E-state index is -3.50. The molecule has 0 bridgehead atoms. The molecule has 0 unspecified atom stereocenters. The lowest BCUT2D eigenvalue weighted by Gasteiger charge is -2.02. The second-order valence-electron chi connectivity index (χ2n) is 3.66. The normalized spacial score (nSPS) is 11.9. The molecule has 16 heavy (non-hydrogen) atoms. The second-order valence-corrected chi connectivity index (χ2v) is 6.44. The third-order valence-corrected chi connectivity index (χ3v) is 3.24. The number of rotatable bonds is 2. The van der Waals surface area contributed by atoms with E-state index in [1.807, 2.05) is 19.1 Å². The first-order chi connectivity index (χ1) is 7.44. The van der Waals surface area contributed by atoms with E-state index in [1.54, 1.807) is 18.2 Å². The molecule has 0 aliphatic heterocycles. The molecule has 3 nitrogen and oxygen atoms in total. The quantitative estimate of drug-likeness (QED) is 0.775. The highest BCUT2D eigenvalue weighted by atomic mass is 35.7. The van der Waals surface area contributed by atoms with Crippen LogP contribution in [0.25, 0.3) is 10.9 Å². The highest BCUT2D eigenvalue weighted by Crippen LogP contribution is 2.17. The number of pyridine rings is 1. The molecule has 84 valence electrons. The molecule has 1 heterocycles. The van der Waals surface area contributed by atoms with Gasteiger partial charge in [-0.25, -0.2) is 8.42 Å². The first-order valence-corrected chi connectivity index (χ1v) is 7.20. The van der Waals surface area contributed by atoms with Crippen LogP contribution in [0.2, 0.25) is 0 Å². The van der Waals surface area contributed by atoms with Crippen molar-refractivity contribution < 1.29 is 8.42 Å². The van der Waals surface area contributed by atoms with Crippen molar-refractivity contribution in [3.05, 3.63) is 41.6 Å². The Morgan fingerprint density at radius 1 is 1.25 bits per heavy atom. The molecule has 1 aromatic heterocycles. The molecule has 0 atom stereocenters. The third kappa shape index (κ3) is 2.71. The summed E-state index contributed by atoms with van der Waals surface area (Å²) in [5.74, 6) is -0.154. The average molecular weight is 256 g/mol. The maximum atomic E-state index is 10.9. The number of hydrogen-bond donors (Lipinski definition) is 0. The minimum absolute atomic E-state index is 0.154. The van der Waals surface area contributed by atoms with E-state index in [0.29, 0.717) is 5.56 Å². The van der Waals surface area contributed by atoms with Gasteiger partial charge in [0.25, 0.3) is 0 Å². The van der Waals surface area contributed by atoms with E-state index in [-0.39, 0.29) is 5.75 Å². The highest BCUT2D eigenvalue weighted by molar-refractivity contribution is 8.13. The fraction of sp³-hybridized carbons (Fsp3) is 0.182. The molecular formula is C11H10ClNO2S. The molecule has 5 heteroatoms. The number of nitrogens with zero attached hydrogens (tertiary/aromatic N) is 1. The Balaban J connectivity index is 2.49. The Labute approximate surface area is 98.5 Å². The Morgan fingerprint density at radius 2 is 2.00 bits per heavy atom. The van der Waals surface area contributed by atoms with Gasteiger partial charge in [-0.3, -0.25) is 4.98 Å². The molecule has 0 amide bonds. The lowest BCUT2D eigenvalue weighted by Crippen LogP contribution is -1.95. The van der Waals surface area contributed by atoms with E-state index in [9.17, 15) is 8.42 Å². The largest absolute Gasteiger partial charge is 0.253 e. The summed E-state index contributed by atoms with van der Waals surface area (Å²) in [5.41, 5.74) is 2.47. The number of fused-ring (bicyclic) bond motifs is 1. The molecule has 0 spiro atoms. The van der Waals surface area contributed by atoms with Gasteiger partial charge in [-0.1, -0.05) is 12.1 Å². The fourth-order valence-corrected chi connectivity index (χ4v) is 2.52. The van der Waals surface area contributed by atoms with Crippen molar-refractivity contribution in [1.29, 1.82) is 0 Å². The number of hydrogen-bond acceptors (Lipinski definition) is 3. The summed E-state index contributed by atoms with van der Waals surface area (Å²) in [5, 5.41) is 0.920. The molecule has 0 saturated heterocycles. The molecule has 0 fully saturated rings. The van der Waals surface area contributed by atoms with Crippen molar-refractivity contribution in [2.75, 3.05) is 0 Å². The van der Waals surface area contributed by atoms with Gasteiger partial charge in [0.15, 0.2) is 0 Å². The van der Waals surface area contributed by atoms with E-state index >= 15 is 0 Å². The molecule has 2 aromatic rings. The Hall–Kier alpha value is -1.13. The summed E-state index contributed by atoms with van der Waals surface area (Å²) in [7, 11) is 1.70. The van der Waals surface area contributed by atoms with Crippen LogP contribution in [0.4, 0.5) is 0 Å². The van der Waals surface area contributed by atoms with Gasteiger partial charge in [0.05, 0.1) is 11.3 Å². The standard InChI is InChI=1S/C11H10ClNO2S/c1-8-2-4-10-6-9(7-16(12,14)15)3-5-11(10)13-8/h2-6H,7H2,1H3. The first-order valence-electron chi connectivity index (χ1n) is 4.73. The summed E-state index contributed by atoms with van der Waals surface area (Å²) in [6.45, 7) is 1.91. The van der Waals surface area contributed by atoms with Crippen LogP contribution in [-0.4, -0.2) is 13.4 Å². The topological polar surface area (TPSA) is 47.0 Å². The van der Waals surface area contributed by atoms with Crippen molar-refractivity contribution in [3.63, 3.8) is 0 Å². The minimum Gasteiger partial charge on any atom is -0.253 e. The van der Waals surface area contributed by atoms with Crippen LogP contribution in [0.5, 0.6) is 0 Å². The van der Waals surface area contributed by atoms with Crippen LogP contribution in [0, 0.1) is 6.92 Å². The Morgan fingerprint density at radius 3 is 2.69 bits per heavy atom. The predicted molar refractivity (Wildman–Crippen MR) is 65.0 cm³/mol. The smallest absolute Gasteiger partial charge is 0.236 e. The van der Waals surface area contributed by atoms with Gasteiger partial charge in [-0.2, -0.15) is 0 Å². The van der Waals surface area contributed by atoms with Crippen LogP contribution >= 0.6 is 10.7 Å². The zero-order valence-corrected chi connectivity index (χ0v) is 10.2. The van der Waals surface area contributed by atoms with E-state index in [1.165, 1.54) is 0 Å². The highest BCUT2D eigenvalue weighted by Gasteiger charge is 2.07.